The molecule has 1 aliphatic rings. The highest BCUT2D eigenvalue weighted by Crippen LogP contribution is 2.29. The van der Waals surface area contributed by atoms with Crippen LogP contribution in [-0.4, -0.2) is 27.6 Å². The van der Waals surface area contributed by atoms with Gasteiger partial charge in [0.25, 0.3) is 0 Å². The molecule has 0 radical (unpaired) electrons. The van der Waals surface area contributed by atoms with E-state index < -0.39 is 0 Å². The van der Waals surface area contributed by atoms with E-state index in [0.29, 0.717) is 6.04 Å². The zero-order valence-corrected chi connectivity index (χ0v) is 10.3. The Morgan fingerprint density at radius 1 is 1.38 bits per heavy atom. The summed E-state index contributed by atoms with van der Waals surface area (Å²) in [6.07, 6.45) is 7.72. The molecule has 0 spiro atoms. The lowest BCUT2D eigenvalue weighted by atomic mass is 9.78. The van der Waals surface area contributed by atoms with E-state index in [9.17, 15) is 0 Å². The van der Waals surface area contributed by atoms with E-state index in [1.807, 2.05) is 10.9 Å². The van der Waals surface area contributed by atoms with E-state index in [1.165, 1.54) is 19.3 Å². The zero-order chi connectivity index (χ0) is 11.4. The second kappa shape index (κ2) is 5.43. The molecule has 2 rings (SSSR count). The molecule has 1 aliphatic carbocycles. The van der Waals surface area contributed by atoms with Crippen LogP contribution in [0.25, 0.3) is 0 Å². The Kier molecular flexibility index (Phi) is 3.93. The lowest BCUT2D eigenvalue weighted by Gasteiger charge is -2.34. The SMILES string of the molecule is CC1CCCC(NCCn2ccnn2)C1C. The predicted molar refractivity (Wildman–Crippen MR) is 64.0 cm³/mol. The Balaban J connectivity index is 1.73. The van der Waals surface area contributed by atoms with Gasteiger partial charge in [0.05, 0.1) is 12.7 Å². The smallest absolute Gasteiger partial charge is 0.0692 e. The Bertz CT molecular complexity index is 296. The largest absolute Gasteiger partial charge is 0.312 e. The van der Waals surface area contributed by atoms with Gasteiger partial charge in [-0.05, 0) is 18.3 Å². The molecule has 1 heterocycles. The fraction of sp³-hybridized carbons (Fsp3) is 0.833. The van der Waals surface area contributed by atoms with Crippen LogP contribution in [0.5, 0.6) is 0 Å². The highest BCUT2D eigenvalue weighted by Gasteiger charge is 2.26. The van der Waals surface area contributed by atoms with E-state index in [-0.39, 0.29) is 0 Å². The molecule has 1 aromatic rings. The molecule has 0 amide bonds. The Morgan fingerprint density at radius 2 is 2.25 bits per heavy atom. The number of hydrogen-bond acceptors (Lipinski definition) is 3. The number of rotatable bonds is 4. The van der Waals surface area contributed by atoms with Crippen molar-refractivity contribution in [2.75, 3.05) is 6.54 Å². The first kappa shape index (κ1) is 11.6. The van der Waals surface area contributed by atoms with Gasteiger partial charge >= 0.3 is 0 Å². The third kappa shape index (κ3) is 2.82. The maximum atomic E-state index is 3.96. The highest BCUT2D eigenvalue weighted by atomic mass is 15.4. The highest BCUT2D eigenvalue weighted by molar-refractivity contribution is 4.82. The Hall–Kier alpha value is -0.900. The van der Waals surface area contributed by atoms with Crippen molar-refractivity contribution < 1.29 is 0 Å². The molecule has 4 nitrogen and oxygen atoms in total. The van der Waals surface area contributed by atoms with Gasteiger partial charge < -0.3 is 5.32 Å². The summed E-state index contributed by atoms with van der Waals surface area (Å²) in [4.78, 5) is 0. The van der Waals surface area contributed by atoms with Gasteiger partial charge in [0.15, 0.2) is 0 Å². The van der Waals surface area contributed by atoms with E-state index >= 15 is 0 Å². The summed E-state index contributed by atoms with van der Waals surface area (Å²) in [5, 5.41) is 11.4. The van der Waals surface area contributed by atoms with Crippen LogP contribution in [0.15, 0.2) is 12.4 Å². The van der Waals surface area contributed by atoms with E-state index in [4.69, 9.17) is 0 Å². The quantitative estimate of drug-likeness (QED) is 0.843. The molecule has 0 saturated heterocycles. The van der Waals surface area contributed by atoms with Gasteiger partial charge in [0.1, 0.15) is 0 Å². The normalized spacial score (nSPS) is 30.5. The topological polar surface area (TPSA) is 42.7 Å². The molecule has 1 aromatic heterocycles. The lowest BCUT2D eigenvalue weighted by molar-refractivity contribution is 0.205. The fourth-order valence-electron chi connectivity index (χ4n) is 2.59. The first-order valence-electron chi connectivity index (χ1n) is 6.35. The van der Waals surface area contributed by atoms with E-state index in [0.717, 1.165) is 24.9 Å². The minimum absolute atomic E-state index is 0.687. The molecule has 16 heavy (non-hydrogen) atoms. The summed E-state index contributed by atoms with van der Waals surface area (Å²) in [5.74, 6) is 1.65. The van der Waals surface area contributed by atoms with E-state index in [1.54, 1.807) is 6.20 Å². The molecule has 1 N–H and O–H groups in total. The molecule has 0 bridgehead atoms. The van der Waals surface area contributed by atoms with Gasteiger partial charge in [0, 0.05) is 18.8 Å². The summed E-state index contributed by atoms with van der Waals surface area (Å²) in [6.45, 7) is 6.65. The molecule has 1 saturated carbocycles. The Morgan fingerprint density at radius 3 is 3.00 bits per heavy atom. The van der Waals surface area contributed by atoms with Gasteiger partial charge in [-0.3, -0.25) is 4.68 Å². The first-order chi connectivity index (χ1) is 7.77. The fourth-order valence-corrected chi connectivity index (χ4v) is 2.59. The van der Waals surface area contributed by atoms with Gasteiger partial charge in [-0.15, -0.1) is 5.10 Å². The van der Waals surface area contributed by atoms with Crippen LogP contribution in [0.2, 0.25) is 0 Å². The van der Waals surface area contributed by atoms with Crippen LogP contribution in [-0.2, 0) is 6.54 Å². The second-order valence-corrected chi connectivity index (χ2v) is 4.99. The van der Waals surface area contributed by atoms with Crippen molar-refractivity contribution in [3.63, 3.8) is 0 Å². The second-order valence-electron chi connectivity index (χ2n) is 4.99. The monoisotopic (exact) mass is 222 g/mol. The van der Waals surface area contributed by atoms with Crippen LogP contribution < -0.4 is 5.32 Å². The molecule has 3 atom stereocenters. The van der Waals surface area contributed by atoms with Crippen molar-refractivity contribution in [1.82, 2.24) is 20.3 Å². The predicted octanol–water partition coefficient (Wildman–Crippen LogP) is 1.69. The Labute approximate surface area is 97.4 Å². The zero-order valence-electron chi connectivity index (χ0n) is 10.3. The summed E-state index contributed by atoms with van der Waals surface area (Å²) in [6, 6.07) is 0.687. The summed E-state index contributed by atoms with van der Waals surface area (Å²) < 4.78 is 1.88. The van der Waals surface area contributed by atoms with Crippen LogP contribution >= 0.6 is 0 Å². The molecule has 0 aromatic carbocycles. The lowest BCUT2D eigenvalue weighted by Crippen LogP contribution is -2.41. The summed E-state index contributed by atoms with van der Waals surface area (Å²) in [5.41, 5.74) is 0. The van der Waals surface area contributed by atoms with Gasteiger partial charge in [-0.2, -0.15) is 0 Å². The molecule has 0 aliphatic heterocycles. The van der Waals surface area contributed by atoms with Gasteiger partial charge in [-0.1, -0.05) is 31.9 Å². The third-order valence-corrected chi connectivity index (χ3v) is 3.93. The molecule has 1 fully saturated rings. The molecule has 90 valence electrons. The minimum Gasteiger partial charge on any atom is -0.312 e. The van der Waals surface area contributed by atoms with Crippen LogP contribution in [0, 0.1) is 11.8 Å². The van der Waals surface area contributed by atoms with Crippen LogP contribution in [0.4, 0.5) is 0 Å². The standard InChI is InChI=1S/C12H22N4/c1-10-4-3-5-12(11(10)2)13-6-8-16-9-7-14-15-16/h7,9-13H,3-6,8H2,1-2H3. The minimum atomic E-state index is 0.687. The van der Waals surface area contributed by atoms with Gasteiger partial charge in [0.2, 0.25) is 0 Å². The maximum absolute atomic E-state index is 3.96. The third-order valence-electron chi connectivity index (χ3n) is 3.93. The van der Waals surface area contributed by atoms with Crippen molar-refractivity contribution in [2.24, 2.45) is 11.8 Å². The van der Waals surface area contributed by atoms with Crippen LogP contribution in [0.1, 0.15) is 33.1 Å². The molecular weight excluding hydrogens is 200 g/mol. The van der Waals surface area contributed by atoms with Gasteiger partial charge in [-0.25, -0.2) is 0 Å². The maximum Gasteiger partial charge on any atom is 0.0692 e. The average Bonchev–Trinajstić information content (AvgIpc) is 2.77. The van der Waals surface area contributed by atoms with Crippen molar-refractivity contribution in [2.45, 2.75) is 45.7 Å². The number of nitrogens with one attached hydrogen (secondary N) is 1. The molecule has 4 heteroatoms. The van der Waals surface area contributed by atoms with Crippen molar-refractivity contribution in [1.29, 1.82) is 0 Å². The number of nitrogens with zero attached hydrogens (tertiary/aromatic N) is 3. The molecule has 3 unspecified atom stereocenters. The number of aromatic nitrogens is 3. The van der Waals surface area contributed by atoms with Crippen molar-refractivity contribution >= 4 is 0 Å². The van der Waals surface area contributed by atoms with Crippen molar-refractivity contribution in [3.8, 4) is 0 Å². The summed E-state index contributed by atoms with van der Waals surface area (Å²) in [7, 11) is 0. The summed E-state index contributed by atoms with van der Waals surface area (Å²) >= 11 is 0. The van der Waals surface area contributed by atoms with Crippen LogP contribution in [0.3, 0.4) is 0 Å². The number of hydrogen-bond donors (Lipinski definition) is 1. The average molecular weight is 222 g/mol. The van der Waals surface area contributed by atoms with E-state index in [2.05, 4.69) is 29.5 Å². The molecular formula is C12H22N4. The first-order valence-corrected chi connectivity index (χ1v) is 6.35. The van der Waals surface area contributed by atoms with Crippen molar-refractivity contribution in [3.05, 3.63) is 12.4 Å².